The van der Waals surface area contributed by atoms with Crippen molar-refractivity contribution in [2.75, 3.05) is 43.8 Å². The number of ether oxygens (including phenoxy) is 3. The number of aromatic amines is 3. The van der Waals surface area contributed by atoms with E-state index in [-0.39, 0.29) is 54.8 Å². The predicted molar refractivity (Wildman–Crippen MR) is 384 cm³/mol. The van der Waals surface area contributed by atoms with Gasteiger partial charge in [-0.2, -0.15) is 20.3 Å². The lowest BCUT2D eigenvalue weighted by atomic mass is 9.81. The summed E-state index contributed by atoms with van der Waals surface area (Å²) in [6.45, 7) is 3.77. The lowest BCUT2D eigenvalue weighted by molar-refractivity contribution is -0.146. The number of amides is 1. The standard InChI is InChI=1S/C26H25ClN8O.C23H24N8O2.C22H24N6O3.CH4/c1-14-5-10-18(12-29-14)32-26(36)16-8-6-15(7-9-16)25-34-22(23-24(28)30-13-31-35(23)25)20-11-17-3-2-4-19(27)21(17)33-20;1-12-27-23(33-30-12)14-8-6-13(7-9-14)22-29-19(20-21(24)25-11-26-31(20)22)16-10-15-4-3-5-17(32-2)18(15)28-16;1-30-16-5-3-4-14-10-15(26-17(14)16)18-19-20(23)24-11-25-28(19)21(27-18)12-6-8-13(9-7-12)22(29)31-2;/h2-5,10-13,15-16,33H,6-9H2,1H3,(H,32,36)(H2,28,30,31);3-5,10-11,13-14,28H,6-9H2,1-2H3,(H2,24,25,26);3-5,10-13,26H,6-9H2,1-2H3,(H2,23,24,25);1H4. The van der Waals surface area contributed by atoms with Crippen LogP contribution in [-0.4, -0.2) is 122 Å². The number of anilines is 4. The van der Waals surface area contributed by atoms with Crippen molar-refractivity contribution in [3.63, 3.8) is 0 Å². The van der Waals surface area contributed by atoms with E-state index in [1.54, 1.807) is 29.4 Å². The molecule has 0 bridgehead atoms. The summed E-state index contributed by atoms with van der Waals surface area (Å²) in [5, 5.41) is 24.1. The van der Waals surface area contributed by atoms with E-state index in [1.807, 2.05) is 97.2 Å². The number of methoxy groups -OCH3 is 3. The Morgan fingerprint density at radius 3 is 1.38 bits per heavy atom. The Bertz CT molecular complexity index is 5350. The third kappa shape index (κ3) is 12.8. The number of imidazole rings is 3. The number of nitrogens with one attached hydrogen (secondary N) is 4. The molecule has 0 saturated heterocycles. The number of nitrogen functional groups attached to an aromatic ring is 3. The Hall–Kier alpha value is -11.6. The Morgan fingerprint density at radius 1 is 0.535 bits per heavy atom. The second kappa shape index (κ2) is 28.0. The minimum atomic E-state index is -0.134. The summed E-state index contributed by atoms with van der Waals surface area (Å²) in [4.78, 5) is 71.4. The molecule has 10 N–H and O–H groups in total. The van der Waals surface area contributed by atoms with Crippen LogP contribution >= 0.6 is 11.6 Å². The third-order valence-electron chi connectivity index (χ3n) is 19.8. The second-order valence-corrected chi connectivity index (χ2v) is 26.2. The molecule has 11 aromatic heterocycles. The van der Waals surface area contributed by atoms with Crippen LogP contribution in [-0.2, 0) is 14.3 Å². The lowest BCUT2D eigenvalue weighted by Gasteiger charge is -2.26. The number of halogens is 1. The van der Waals surface area contributed by atoms with Crippen LogP contribution in [0.2, 0.25) is 5.02 Å². The number of benzene rings is 3. The number of nitrogens with zero attached hydrogens (tertiary/aromatic N) is 15. The van der Waals surface area contributed by atoms with Gasteiger partial charge in [-0.25, -0.2) is 43.5 Å². The first-order valence-corrected chi connectivity index (χ1v) is 33.8. The number of aromatic nitrogens is 18. The smallest absolute Gasteiger partial charge is 0.308 e. The highest BCUT2D eigenvalue weighted by molar-refractivity contribution is 6.35. The molecular weight excluding hydrogens is 1300 g/mol. The Kier molecular flexibility index (Phi) is 18.5. The molecule has 28 nitrogen and oxygen atoms in total. The molecule has 17 rings (SSSR count). The first kappa shape index (κ1) is 66.7. The van der Waals surface area contributed by atoms with Crippen LogP contribution in [0.25, 0.3) is 83.4 Å². The monoisotopic (exact) mass is 1380 g/mol. The van der Waals surface area contributed by atoms with E-state index in [2.05, 4.69) is 71.7 Å². The number of aryl methyl sites for hydroxylation is 2. The van der Waals surface area contributed by atoms with Gasteiger partial charge in [-0.1, -0.05) is 60.6 Å². The third-order valence-corrected chi connectivity index (χ3v) is 20.1. The number of nitrogens with two attached hydrogens (primary N) is 3. The first-order chi connectivity index (χ1) is 48.7. The first-order valence-electron chi connectivity index (χ1n) is 33.4. The molecule has 3 saturated carbocycles. The van der Waals surface area contributed by atoms with E-state index < -0.39 is 0 Å². The fourth-order valence-corrected chi connectivity index (χ4v) is 14.8. The summed E-state index contributed by atoms with van der Waals surface area (Å²) >= 11 is 6.39. The normalized spacial score (nSPS) is 18.4. The van der Waals surface area contributed by atoms with E-state index >= 15 is 0 Å². The molecule has 0 aliphatic heterocycles. The number of pyridine rings is 1. The molecule has 3 fully saturated rings. The molecule has 0 radical (unpaired) electrons. The van der Waals surface area contributed by atoms with Crippen molar-refractivity contribution in [3.05, 3.63) is 150 Å². The van der Waals surface area contributed by atoms with Gasteiger partial charge in [-0.3, -0.25) is 14.6 Å². The number of carbonyl (C=O) groups is 2. The molecule has 3 aliphatic rings. The van der Waals surface area contributed by atoms with Crippen molar-refractivity contribution >= 4 is 95.9 Å². The number of esters is 1. The van der Waals surface area contributed by atoms with Gasteiger partial charge in [0.15, 0.2) is 23.3 Å². The van der Waals surface area contributed by atoms with Crippen LogP contribution < -0.4 is 32.0 Å². The van der Waals surface area contributed by atoms with Gasteiger partial charge in [0.05, 0.1) is 77.8 Å². The lowest BCUT2D eigenvalue weighted by Crippen LogP contribution is -2.27. The van der Waals surface area contributed by atoms with E-state index in [0.717, 1.165) is 179 Å². The zero-order chi connectivity index (χ0) is 68.9. The summed E-state index contributed by atoms with van der Waals surface area (Å²) in [5.41, 5.74) is 29.9. The predicted octanol–water partition coefficient (Wildman–Crippen LogP) is 13.1. The molecule has 29 heteroatoms. The van der Waals surface area contributed by atoms with E-state index in [9.17, 15) is 9.59 Å². The number of hydrogen-bond acceptors (Lipinski definition) is 21. The molecule has 101 heavy (non-hydrogen) atoms. The summed E-state index contributed by atoms with van der Waals surface area (Å²) in [6.07, 6.45) is 16.3. The van der Waals surface area contributed by atoms with Gasteiger partial charge in [-0.05, 0) is 139 Å². The van der Waals surface area contributed by atoms with Crippen LogP contribution in [0, 0.1) is 25.7 Å². The van der Waals surface area contributed by atoms with E-state index in [1.165, 1.54) is 26.1 Å². The number of H-pyrrole nitrogens is 3. The van der Waals surface area contributed by atoms with Crippen molar-refractivity contribution < 1.29 is 28.3 Å². The fourth-order valence-electron chi connectivity index (χ4n) is 14.6. The summed E-state index contributed by atoms with van der Waals surface area (Å²) in [7, 11) is 4.75. The van der Waals surface area contributed by atoms with Crippen molar-refractivity contribution in [2.24, 2.45) is 11.8 Å². The van der Waals surface area contributed by atoms with Crippen LogP contribution in [0.5, 0.6) is 11.5 Å². The molecule has 0 unspecified atom stereocenters. The Labute approximate surface area is 583 Å². The average molecular weight is 1380 g/mol. The van der Waals surface area contributed by atoms with Gasteiger partial charge in [0.25, 0.3) is 0 Å². The minimum absolute atomic E-state index is 0. The van der Waals surface area contributed by atoms with Crippen LogP contribution in [0.15, 0.2) is 115 Å². The number of para-hydroxylation sites is 3. The number of fused-ring (bicyclic) bond motifs is 6. The highest BCUT2D eigenvalue weighted by Crippen LogP contribution is 2.45. The van der Waals surface area contributed by atoms with Gasteiger partial charge >= 0.3 is 5.97 Å². The fraction of sp³-hybridized carbons (Fsp3) is 0.333. The van der Waals surface area contributed by atoms with Crippen molar-refractivity contribution in [3.8, 4) is 45.7 Å². The zero-order valence-corrected chi connectivity index (χ0v) is 56.4. The molecule has 1 amide bonds. The number of carbonyl (C=O) groups excluding carboxylic acids is 2. The molecule has 11 heterocycles. The maximum atomic E-state index is 12.8. The highest BCUT2D eigenvalue weighted by Gasteiger charge is 2.35. The number of rotatable bonds is 12. The van der Waals surface area contributed by atoms with Gasteiger partial charge < -0.3 is 56.2 Å². The molecular formula is C72H77ClN22O6. The van der Waals surface area contributed by atoms with E-state index in [0.29, 0.717) is 56.2 Å². The van der Waals surface area contributed by atoms with Gasteiger partial charge in [0.2, 0.25) is 11.8 Å². The topological polar surface area (TPSA) is 380 Å². The number of hydrogen-bond donors (Lipinski definition) is 7. The molecule has 3 aliphatic carbocycles. The Morgan fingerprint density at radius 2 is 0.960 bits per heavy atom. The van der Waals surface area contributed by atoms with Crippen molar-refractivity contribution in [2.45, 2.75) is 122 Å². The van der Waals surface area contributed by atoms with E-state index in [4.69, 9.17) is 62.5 Å². The van der Waals surface area contributed by atoms with Crippen molar-refractivity contribution in [1.29, 1.82) is 0 Å². The summed E-state index contributed by atoms with van der Waals surface area (Å²) in [6, 6.07) is 27.5. The average Bonchev–Trinajstić information content (AvgIpc) is 1.61. The van der Waals surface area contributed by atoms with Gasteiger partial charge in [-0.15, -0.1) is 0 Å². The SMILES string of the molecule is C.COC(=O)C1CCC(c2nc(-c3cc4cccc(OC)c4[nH]3)c3c(N)ncnn23)CC1.COc1cccc2cc(-c3nc(C4CCC(c5nc(C)no5)CC4)n4ncnc(N)c34)[nH]c12.Cc1ccc(NC(=O)C2CCC(c3nc(-c4cc5cccc(Cl)c5[nH]4)c4c(N)ncnn34)CC2)cn1. The van der Waals surface area contributed by atoms with Gasteiger partial charge in [0, 0.05) is 51.4 Å². The van der Waals surface area contributed by atoms with Crippen molar-refractivity contribution in [1.82, 2.24) is 88.8 Å². The maximum absolute atomic E-state index is 12.8. The zero-order valence-electron chi connectivity index (χ0n) is 55.6. The molecule has 3 aromatic carbocycles. The van der Waals surface area contributed by atoms with Crippen LogP contribution in [0.3, 0.4) is 0 Å². The largest absolute Gasteiger partial charge is 0.495 e. The summed E-state index contributed by atoms with van der Waals surface area (Å²) in [5.74, 6) is 7.34. The molecule has 0 spiro atoms. The molecule has 518 valence electrons. The highest BCUT2D eigenvalue weighted by atomic mass is 35.5. The van der Waals surface area contributed by atoms with Gasteiger partial charge in [0.1, 0.15) is 81.6 Å². The van der Waals surface area contributed by atoms with Crippen LogP contribution in [0.1, 0.15) is 143 Å². The van der Waals surface area contributed by atoms with Crippen LogP contribution in [0.4, 0.5) is 23.1 Å². The molecule has 14 aromatic rings. The summed E-state index contributed by atoms with van der Waals surface area (Å²) < 4.78 is 26.8. The Balaban J connectivity index is 0.000000128. The quantitative estimate of drug-likeness (QED) is 0.0559. The minimum Gasteiger partial charge on any atom is -0.495 e. The molecule has 0 atom stereocenters. The maximum Gasteiger partial charge on any atom is 0.308 e. The second-order valence-electron chi connectivity index (χ2n) is 25.8.